The zero-order valence-electron chi connectivity index (χ0n) is 8.16. The maximum absolute atomic E-state index is 5.02. The monoisotopic (exact) mass is 168 g/mol. The lowest BCUT2D eigenvalue weighted by Crippen LogP contribution is -1.97. The van der Waals surface area contributed by atoms with Crippen molar-refractivity contribution in [1.82, 2.24) is 9.55 Å². The van der Waals surface area contributed by atoms with Crippen molar-refractivity contribution in [2.24, 2.45) is 7.05 Å². The van der Waals surface area contributed by atoms with E-state index in [2.05, 4.69) is 25.0 Å². The Morgan fingerprint density at radius 2 is 2.25 bits per heavy atom. The van der Waals surface area contributed by atoms with E-state index in [1.54, 1.807) is 7.11 Å². The van der Waals surface area contributed by atoms with Gasteiger partial charge in [-0.3, -0.25) is 0 Å². The van der Waals surface area contributed by atoms with Crippen molar-refractivity contribution in [3.05, 3.63) is 17.7 Å². The second kappa shape index (κ2) is 3.72. The number of nitrogens with zero attached hydrogens (tertiary/aromatic N) is 2. The molecular weight excluding hydrogens is 152 g/mol. The first-order valence-electron chi connectivity index (χ1n) is 4.16. The van der Waals surface area contributed by atoms with Crippen molar-refractivity contribution in [3.8, 4) is 0 Å². The maximum Gasteiger partial charge on any atom is 0.134 e. The Morgan fingerprint density at radius 3 is 2.67 bits per heavy atom. The Labute approximate surface area is 73.4 Å². The van der Waals surface area contributed by atoms with E-state index in [9.17, 15) is 0 Å². The molecular formula is C9H16N2O. The van der Waals surface area contributed by atoms with Crippen molar-refractivity contribution in [1.29, 1.82) is 0 Å². The van der Waals surface area contributed by atoms with E-state index < -0.39 is 0 Å². The third-order valence-electron chi connectivity index (χ3n) is 1.86. The zero-order valence-corrected chi connectivity index (χ0v) is 8.16. The summed E-state index contributed by atoms with van der Waals surface area (Å²) in [6.45, 7) is 4.86. The molecule has 1 aromatic rings. The van der Waals surface area contributed by atoms with Crippen LogP contribution in [0.5, 0.6) is 0 Å². The summed E-state index contributed by atoms with van der Waals surface area (Å²) in [4.78, 5) is 4.44. The van der Waals surface area contributed by atoms with E-state index in [0.29, 0.717) is 12.5 Å². The molecule has 0 fully saturated rings. The van der Waals surface area contributed by atoms with E-state index in [1.165, 1.54) is 0 Å². The van der Waals surface area contributed by atoms with Gasteiger partial charge in [0.2, 0.25) is 0 Å². The minimum Gasteiger partial charge on any atom is -0.377 e. The lowest BCUT2D eigenvalue weighted by molar-refractivity contribution is 0.175. The Bertz CT molecular complexity index is 253. The Balaban J connectivity index is 2.85. The summed E-state index contributed by atoms with van der Waals surface area (Å²) in [5.74, 6) is 1.48. The number of hydrogen-bond acceptors (Lipinski definition) is 2. The average Bonchev–Trinajstić information content (AvgIpc) is 2.34. The largest absolute Gasteiger partial charge is 0.377 e. The van der Waals surface area contributed by atoms with Crippen LogP contribution in [-0.2, 0) is 18.4 Å². The van der Waals surface area contributed by atoms with E-state index in [4.69, 9.17) is 4.74 Å². The summed E-state index contributed by atoms with van der Waals surface area (Å²) >= 11 is 0. The van der Waals surface area contributed by atoms with Crippen molar-refractivity contribution in [2.45, 2.75) is 26.4 Å². The number of aromatic nitrogens is 2. The predicted molar refractivity (Wildman–Crippen MR) is 48.0 cm³/mol. The first kappa shape index (κ1) is 9.26. The number of ether oxygens (including phenoxy) is 1. The molecule has 0 amide bonds. The highest BCUT2D eigenvalue weighted by Gasteiger charge is 2.06. The zero-order chi connectivity index (χ0) is 9.14. The quantitative estimate of drug-likeness (QED) is 0.686. The van der Waals surface area contributed by atoms with Crippen molar-refractivity contribution in [2.75, 3.05) is 7.11 Å². The van der Waals surface area contributed by atoms with Gasteiger partial charge >= 0.3 is 0 Å². The number of imidazole rings is 1. The van der Waals surface area contributed by atoms with Crippen LogP contribution in [0.25, 0.3) is 0 Å². The molecule has 0 saturated carbocycles. The summed E-state index contributed by atoms with van der Waals surface area (Å²) in [6.07, 6.45) is 2.05. The maximum atomic E-state index is 5.02. The molecule has 0 aliphatic carbocycles. The van der Waals surface area contributed by atoms with Crippen LogP contribution < -0.4 is 0 Å². The van der Waals surface area contributed by atoms with Gasteiger partial charge in [-0.15, -0.1) is 0 Å². The van der Waals surface area contributed by atoms with Crippen LogP contribution in [-0.4, -0.2) is 16.7 Å². The number of methoxy groups -OCH3 is 1. The molecule has 12 heavy (non-hydrogen) atoms. The second-order valence-electron chi connectivity index (χ2n) is 3.28. The lowest BCUT2D eigenvalue weighted by atomic mass is 10.2. The molecule has 0 saturated heterocycles. The van der Waals surface area contributed by atoms with E-state index in [-0.39, 0.29) is 0 Å². The molecule has 1 heterocycles. The summed E-state index contributed by atoms with van der Waals surface area (Å²) in [6, 6.07) is 0. The molecule has 0 aliphatic heterocycles. The molecule has 3 heteroatoms. The predicted octanol–water partition coefficient (Wildman–Crippen LogP) is 1.69. The Kier molecular flexibility index (Phi) is 2.87. The van der Waals surface area contributed by atoms with Crippen molar-refractivity contribution in [3.63, 3.8) is 0 Å². The number of hydrogen-bond donors (Lipinski definition) is 0. The first-order valence-corrected chi connectivity index (χ1v) is 4.16. The van der Waals surface area contributed by atoms with Crippen LogP contribution in [0, 0.1) is 0 Å². The SMILES string of the molecule is COCc1nc(C(C)C)cn1C. The van der Waals surface area contributed by atoms with Crippen LogP contribution in [0.1, 0.15) is 31.3 Å². The first-order chi connectivity index (χ1) is 5.65. The normalized spacial score (nSPS) is 11.1. The van der Waals surface area contributed by atoms with Gasteiger partial charge in [0.1, 0.15) is 12.4 Å². The van der Waals surface area contributed by atoms with Gasteiger partial charge in [0.15, 0.2) is 0 Å². The van der Waals surface area contributed by atoms with E-state index >= 15 is 0 Å². The van der Waals surface area contributed by atoms with Gasteiger partial charge in [-0.1, -0.05) is 13.8 Å². The van der Waals surface area contributed by atoms with Gasteiger partial charge in [-0.25, -0.2) is 4.98 Å². The summed E-state index contributed by atoms with van der Waals surface area (Å²) in [5, 5.41) is 0. The highest BCUT2D eigenvalue weighted by molar-refractivity contribution is 5.06. The summed E-state index contributed by atoms with van der Waals surface area (Å²) < 4.78 is 7.03. The fraction of sp³-hybridized carbons (Fsp3) is 0.667. The van der Waals surface area contributed by atoms with Crippen molar-refractivity contribution >= 4 is 0 Å². The minimum absolute atomic E-state index is 0.488. The average molecular weight is 168 g/mol. The molecule has 0 radical (unpaired) electrons. The molecule has 1 rings (SSSR count). The fourth-order valence-corrected chi connectivity index (χ4v) is 1.07. The van der Waals surface area contributed by atoms with Gasteiger partial charge in [0.05, 0.1) is 5.69 Å². The molecule has 1 aromatic heterocycles. The third kappa shape index (κ3) is 1.85. The van der Waals surface area contributed by atoms with Gasteiger partial charge in [-0.2, -0.15) is 0 Å². The topological polar surface area (TPSA) is 27.1 Å². The minimum atomic E-state index is 0.488. The van der Waals surface area contributed by atoms with Crippen LogP contribution in [0.15, 0.2) is 6.20 Å². The third-order valence-corrected chi connectivity index (χ3v) is 1.86. The van der Waals surface area contributed by atoms with Gasteiger partial charge in [0.25, 0.3) is 0 Å². The van der Waals surface area contributed by atoms with Crippen LogP contribution in [0.2, 0.25) is 0 Å². The smallest absolute Gasteiger partial charge is 0.134 e. The van der Waals surface area contributed by atoms with Gasteiger partial charge < -0.3 is 9.30 Å². The van der Waals surface area contributed by atoms with E-state index in [0.717, 1.165) is 11.5 Å². The van der Waals surface area contributed by atoms with Crippen LogP contribution >= 0.6 is 0 Å². The molecule has 0 atom stereocenters. The summed E-state index contributed by atoms with van der Waals surface area (Å²) in [5.41, 5.74) is 1.13. The molecule has 0 unspecified atom stereocenters. The molecule has 3 nitrogen and oxygen atoms in total. The standard InChI is InChI=1S/C9H16N2O/c1-7(2)8-5-11(3)9(10-8)6-12-4/h5,7H,6H2,1-4H3. The highest BCUT2D eigenvalue weighted by Crippen LogP contribution is 2.12. The molecule has 0 aromatic carbocycles. The van der Waals surface area contributed by atoms with Crippen molar-refractivity contribution < 1.29 is 4.74 Å². The van der Waals surface area contributed by atoms with Gasteiger partial charge in [0, 0.05) is 20.4 Å². The summed E-state index contributed by atoms with van der Waals surface area (Å²) in [7, 11) is 3.68. The fourth-order valence-electron chi connectivity index (χ4n) is 1.07. The molecule has 68 valence electrons. The molecule has 0 aliphatic rings. The Morgan fingerprint density at radius 1 is 1.58 bits per heavy atom. The van der Waals surface area contributed by atoms with E-state index in [1.807, 2.05) is 11.6 Å². The highest BCUT2D eigenvalue weighted by atomic mass is 16.5. The van der Waals surface area contributed by atoms with Crippen LogP contribution in [0.3, 0.4) is 0 Å². The molecule has 0 N–H and O–H groups in total. The molecule has 0 spiro atoms. The number of aryl methyl sites for hydroxylation is 1. The van der Waals surface area contributed by atoms with Gasteiger partial charge in [-0.05, 0) is 5.92 Å². The lowest BCUT2D eigenvalue weighted by Gasteiger charge is -1.97. The number of rotatable bonds is 3. The Hall–Kier alpha value is -0.830. The molecule has 0 bridgehead atoms. The van der Waals surface area contributed by atoms with Crippen LogP contribution in [0.4, 0.5) is 0 Å². The second-order valence-corrected chi connectivity index (χ2v) is 3.28.